The first kappa shape index (κ1) is 11.6. The highest BCUT2D eigenvalue weighted by Crippen LogP contribution is 2.45. The molecular weight excluding hydrogens is 198 g/mol. The minimum Gasteiger partial charge on any atom is -0.396 e. The minimum absolute atomic E-state index is 0.232. The van der Waals surface area contributed by atoms with Crippen LogP contribution in [0.25, 0.3) is 0 Å². The lowest BCUT2D eigenvalue weighted by Crippen LogP contribution is -2.36. The van der Waals surface area contributed by atoms with Crippen molar-refractivity contribution in [3.63, 3.8) is 0 Å². The summed E-state index contributed by atoms with van der Waals surface area (Å²) in [6.45, 7) is 2.50. The molecule has 0 saturated heterocycles. The first-order valence-corrected chi connectivity index (χ1v) is 6.21. The van der Waals surface area contributed by atoms with Gasteiger partial charge in [-0.25, -0.2) is 0 Å². The van der Waals surface area contributed by atoms with E-state index in [0.717, 1.165) is 12.8 Å². The topological polar surface area (TPSA) is 32.3 Å². The molecular formula is C14H21NO. The summed E-state index contributed by atoms with van der Waals surface area (Å²) in [7, 11) is 0. The number of aliphatic hydroxyl groups excluding tert-OH is 1. The highest BCUT2D eigenvalue weighted by molar-refractivity contribution is 5.30. The third-order valence-corrected chi connectivity index (χ3v) is 3.39. The van der Waals surface area contributed by atoms with E-state index in [0.29, 0.717) is 12.6 Å². The Morgan fingerprint density at radius 3 is 2.56 bits per heavy atom. The van der Waals surface area contributed by atoms with Gasteiger partial charge in [0.1, 0.15) is 0 Å². The van der Waals surface area contributed by atoms with E-state index in [2.05, 4.69) is 42.6 Å². The number of hydrogen-bond donors (Lipinski definition) is 2. The molecule has 0 heterocycles. The second-order valence-corrected chi connectivity index (χ2v) is 4.86. The van der Waals surface area contributed by atoms with Crippen molar-refractivity contribution in [2.45, 2.75) is 44.2 Å². The summed E-state index contributed by atoms with van der Waals surface area (Å²) in [5.41, 5.74) is 1.64. The van der Waals surface area contributed by atoms with Crippen LogP contribution < -0.4 is 5.32 Å². The van der Waals surface area contributed by atoms with Crippen molar-refractivity contribution in [2.75, 3.05) is 6.61 Å². The Labute approximate surface area is 97.7 Å². The van der Waals surface area contributed by atoms with E-state index in [9.17, 15) is 0 Å². The molecule has 1 saturated carbocycles. The molecule has 1 aromatic rings. The van der Waals surface area contributed by atoms with Gasteiger partial charge in [0.2, 0.25) is 0 Å². The summed E-state index contributed by atoms with van der Waals surface area (Å²) in [5, 5.41) is 12.5. The van der Waals surface area contributed by atoms with Gasteiger partial charge < -0.3 is 10.4 Å². The van der Waals surface area contributed by atoms with Crippen molar-refractivity contribution in [1.82, 2.24) is 5.32 Å². The summed E-state index contributed by atoms with van der Waals surface area (Å²) >= 11 is 0. The van der Waals surface area contributed by atoms with Gasteiger partial charge in [-0.1, -0.05) is 30.3 Å². The Bertz CT molecular complexity index is 319. The predicted molar refractivity (Wildman–Crippen MR) is 66.3 cm³/mol. The second-order valence-electron chi connectivity index (χ2n) is 4.86. The molecule has 0 bridgehead atoms. The molecule has 2 N–H and O–H groups in total. The molecule has 2 nitrogen and oxygen atoms in total. The lowest BCUT2D eigenvalue weighted by Gasteiger charge is -2.23. The van der Waals surface area contributed by atoms with Crippen LogP contribution in [-0.2, 0) is 5.54 Å². The molecule has 1 aliphatic rings. The van der Waals surface area contributed by atoms with Gasteiger partial charge in [0.25, 0.3) is 0 Å². The molecule has 1 atom stereocenters. The molecule has 1 aromatic carbocycles. The Balaban J connectivity index is 1.94. The molecule has 1 unspecified atom stereocenters. The van der Waals surface area contributed by atoms with Crippen LogP contribution in [0.5, 0.6) is 0 Å². The van der Waals surface area contributed by atoms with Crippen LogP contribution in [0, 0.1) is 0 Å². The lowest BCUT2D eigenvalue weighted by atomic mass is 10.0. The Morgan fingerprint density at radius 2 is 2.00 bits per heavy atom. The molecule has 0 aliphatic heterocycles. The van der Waals surface area contributed by atoms with E-state index in [1.807, 2.05) is 0 Å². The van der Waals surface area contributed by atoms with E-state index in [1.165, 1.54) is 18.4 Å². The zero-order valence-corrected chi connectivity index (χ0v) is 9.95. The first-order chi connectivity index (χ1) is 7.77. The van der Waals surface area contributed by atoms with Crippen LogP contribution in [0.2, 0.25) is 0 Å². The Kier molecular flexibility index (Phi) is 3.62. The highest BCUT2D eigenvalue weighted by Gasteiger charge is 2.44. The van der Waals surface area contributed by atoms with Gasteiger partial charge in [-0.3, -0.25) is 0 Å². The maximum Gasteiger partial charge on any atom is 0.0438 e. The zero-order valence-electron chi connectivity index (χ0n) is 9.95. The predicted octanol–water partition coefficient (Wildman–Crippen LogP) is 2.43. The molecule has 2 heteroatoms. The van der Waals surface area contributed by atoms with Crippen molar-refractivity contribution in [2.24, 2.45) is 0 Å². The van der Waals surface area contributed by atoms with E-state index in [-0.39, 0.29) is 5.54 Å². The molecule has 2 rings (SSSR count). The SMILES string of the molecule is CC(CCCO)NC1(c2ccccc2)CC1. The minimum atomic E-state index is 0.232. The molecule has 0 aromatic heterocycles. The van der Waals surface area contributed by atoms with Crippen molar-refractivity contribution in [3.05, 3.63) is 35.9 Å². The Hall–Kier alpha value is -0.860. The van der Waals surface area contributed by atoms with Crippen LogP contribution in [0.4, 0.5) is 0 Å². The monoisotopic (exact) mass is 219 g/mol. The van der Waals surface area contributed by atoms with Crippen molar-refractivity contribution < 1.29 is 5.11 Å². The average molecular weight is 219 g/mol. The van der Waals surface area contributed by atoms with E-state index in [4.69, 9.17) is 5.11 Å². The zero-order chi connectivity index (χ0) is 11.4. The summed E-state index contributed by atoms with van der Waals surface area (Å²) in [4.78, 5) is 0. The van der Waals surface area contributed by atoms with Gasteiger partial charge in [-0.2, -0.15) is 0 Å². The fourth-order valence-electron chi connectivity index (χ4n) is 2.34. The van der Waals surface area contributed by atoms with Gasteiger partial charge in [-0.15, -0.1) is 0 Å². The van der Waals surface area contributed by atoms with Gasteiger partial charge >= 0.3 is 0 Å². The van der Waals surface area contributed by atoms with Crippen molar-refractivity contribution in [1.29, 1.82) is 0 Å². The summed E-state index contributed by atoms with van der Waals surface area (Å²) in [6, 6.07) is 11.2. The van der Waals surface area contributed by atoms with Gasteiger partial charge in [0, 0.05) is 18.2 Å². The van der Waals surface area contributed by atoms with Crippen molar-refractivity contribution >= 4 is 0 Å². The largest absolute Gasteiger partial charge is 0.396 e. The quantitative estimate of drug-likeness (QED) is 0.770. The number of aliphatic hydroxyl groups is 1. The molecule has 0 amide bonds. The van der Waals surface area contributed by atoms with E-state index < -0.39 is 0 Å². The van der Waals surface area contributed by atoms with Crippen LogP contribution >= 0.6 is 0 Å². The fourth-order valence-corrected chi connectivity index (χ4v) is 2.34. The molecule has 1 fully saturated rings. The normalized spacial score (nSPS) is 19.4. The van der Waals surface area contributed by atoms with E-state index >= 15 is 0 Å². The van der Waals surface area contributed by atoms with Crippen LogP contribution in [0.1, 0.15) is 38.2 Å². The van der Waals surface area contributed by atoms with Crippen LogP contribution in [0.3, 0.4) is 0 Å². The molecule has 88 valence electrons. The highest BCUT2D eigenvalue weighted by atomic mass is 16.2. The van der Waals surface area contributed by atoms with Gasteiger partial charge in [0.05, 0.1) is 0 Å². The molecule has 0 radical (unpaired) electrons. The second kappa shape index (κ2) is 4.98. The Morgan fingerprint density at radius 1 is 1.31 bits per heavy atom. The van der Waals surface area contributed by atoms with E-state index in [1.54, 1.807) is 0 Å². The lowest BCUT2D eigenvalue weighted by molar-refractivity contribution is 0.272. The maximum atomic E-state index is 8.82. The number of hydrogen-bond acceptors (Lipinski definition) is 2. The summed E-state index contributed by atoms with van der Waals surface area (Å²) in [6.07, 6.45) is 4.41. The molecule has 0 spiro atoms. The van der Waals surface area contributed by atoms with Crippen LogP contribution in [0.15, 0.2) is 30.3 Å². The number of rotatable bonds is 6. The maximum absolute atomic E-state index is 8.82. The smallest absolute Gasteiger partial charge is 0.0438 e. The summed E-state index contributed by atoms with van der Waals surface area (Å²) < 4.78 is 0. The third-order valence-electron chi connectivity index (χ3n) is 3.39. The molecule has 16 heavy (non-hydrogen) atoms. The number of nitrogens with one attached hydrogen (secondary N) is 1. The summed E-state index contributed by atoms with van der Waals surface area (Å²) in [5.74, 6) is 0. The molecule has 1 aliphatic carbocycles. The van der Waals surface area contributed by atoms with Crippen LogP contribution in [-0.4, -0.2) is 17.8 Å². The van der Waals surface area contributed by atoms with Crippen molar-refractivity contribution in [3.8, 4) is 0 Å². The standard InChI is InChI=1S/C14H21NO/c1-12(6-5-11-16)15-14(9-10-14)13-7-3-2-4-8-13/h2-4,7-8,12,15-16H,5-6,9-11H2,1H3. The fraction of sp³-hybridized carbons (Fsp3) is 0.571. The van der Waals surface area contributed by atoms with Gasteiger partial charge in [-0.05, 0) is 38.2 Å². The van der Waals surface area contributed by atoms with Gasteiger partial charge in [0.15, 0.2) is 0 Å². The number of benzene rings is 1. The third kappa shape index (κ3) is 2.63. The first-order valence-electron chi connectivity index (χ1n) is 6.21. The average Bonchev–Trinajstić information content (AvgIpc) is 3.09.